The molecule has 0 unspecified atom stereocenters. The van der Waals surface area contributed by atoms with Gasteiger partial charge in [-0.05, 0) is 41.3 Å². The Morgan fingerprint density at radius 3 is 2.44 bits per heavy atom. The van der Waals surface area contributed by atoms with Crippen molar-refractivity contribution in [2.45, 2.75) is 11.3 Å². The van der Waals surface area contributed by atoms with Crippen LogP contribution < -0.4 is 0 Å². The van der Waals surface area contributed by atoms with E-state index in [0.717, 1.165) is 33.6 Å². The molecule has 0 fully saturated rings. The first-order valence-corrected chi connectivity index (χ1v) is 6.31. The van der Waals surface area contributed by atoms with Gasteiger partial charge in [-0.2, -0.15) is 0 Å². The third kappa shape index (κ3) is 2.00. The number of hydrogen-bond donors (Lipinski definition) is 1. The quantitative estimate of drug-likeness (QED) is 0.764. The van der Waals surface area contributed by atoms with E-state index in [-0.39, 0.29) is 5.78 Å². The summed E-state index contributed by atoms with van der Waals surface area (Å²) in [6.07, 6.45) is 2.56. The molecule has 0 aromatic heterocycles. The van der Waals surface area contributed by atoms with Crippen molar-refractivity contribution < 1.29 is 4.79 Å². The highest BCUT2D eigenvalue weighted by Crippen LogP contribution is 2.27. The third-order valence-corrected chi connectivity index (χ3v) is 3.51. The van der Waals surface area contributed by atoms with Gasteiger partial charge >= 0.3 is 0 Å². The van der Waals surface area contributed by atoms with Crippen LogP contribution in [-0.4, -0.2) is 5.78 Å². The number of hydrogen-bond acceptors (Lipinski definition) is 2. The van der Waals surface area contributed by atoms with Crippen LogP contribution in [0.4, 0.5) is 0 Å². The van der Waals surface area contributed by atoms with Gasteiger partial charge < -0.3 is 0 Å². The summed E-state index contributed by atoms with van der Waals surface area (Å²) < 4.78 is 0. The number of allylic oxidation sites excluding steroid dienone is 2. The van der Waals surface area contributed by atoms with Crippen molar-refractivity contribution in [2.24, 2.45) is 0 Å². The fraction of sp³-hybridized carbons (Fsp3) is 0.0625. The molecule has 0 amide bonds. The molecule has 1 nitrogen and oxygen atoms in total. The molecule has 0 heterocycles. The molecule has 0 saturated carbocycles. The molecule has 0 saturated heterocycles. The maximum absolute atomic E-state index is 12.0. The minimum atomic E-state index is 0.0989. The van der Waals surface area contributed by atoms with Crippen molar-refractivity contribution in [1.82, 2.24) is 0 Å². The number of ketones is 1. The van der Waals surface area contributed by atoms with Crippen LogP contribution in [0.5, 0.6) is 0 Å². The molecule has 88 valence electrons. The minimum Gasteiger partial charge on any atom is -0.289 e. The van der Waals surface area contributed by atoms with Gasteiger partial charge in [-0.3, -0.25) is 4.79 Å². The first-order valence-electron chi connectivity index (χ1n) is 5.86. The Kier molecular flexibility index (Phi) is 2.80. The second kappa shape index (κ2) is 4.46. The lowest BCUT2D eigenvalue weighted by molar-refractivity contribution is 0.104. The van der Waals surface area contributed by atoms with Crippen molar-refractivity contribution in [2.75, 3.05) is 0 Å². The summed E-state index contributed by atoms with van der Waals surface area (Å²) in [7, 11) is 0. The highest BCUT2D eigenvalue weighted by molar-refractivity contribution is 7.80. The number of benzene rings is 2. The van der Waals surface area contributed by atoms with Gasteiger partial charge in [-0.25, -0.2) is 0 Å². The highest BCUT2D eigenvalue weighted by atomic mass is 32.1. The van der Waals surface area contributed by atoms with Crippen LogP contribution in [0, 0.1) is 0 Å². The molecular weight excluding hydrogens is 240 g/mol. The van der Waals surface area contributed by atoms with Gasteiger partial charge in [0, 0.05) is 10.5 Å². The zero-order chi connectivity index (χ0) is 12.5. The summed E-state index contributed by atoms with van der Waals surface area (Å²) in [5, 5.41) is 0. The summed E-state index contributed by atoms with van der Waals surface area (Å²) in [4.78, 5) is 13.0. The predicted octanol–water partition coefficient (Wildman–Crippen LogP) is 3.80. The summed E-state index contributed by atoms with van der Waals surface area (Å²) in [5.74, 6) is 0.0989. The smallest absolute Gasteiger partial charge is 0.186 e. The van der Waals surface area contributed by atoms with Gasteiger partial charge in [0.05, 0.1) is 0 Å². The predicted molar refractivity (Wildman–Crippen MR) is 76.1 cm³/mol. The van der Waals surface area contributed by atoms with Gasteiger partial charge in [0.2, 0.25) is 0 Å². The van der Waals surface area contributed by atoms with Gasteiger partial charge in [0.1, 0.15) is 0 Å². The molecule has 18 heavy (non-hydrogen) atoms. The van der Waals surface area contributed by atoms with E-state index >= 15 is 0 Å². The van der Waals surface area contributed by atoms with Crippen molar-refractivity contribution in [3.63, 3.8) is 0 Å². The highest BCUT2D eigenvalue weighted by Gasteiger charge is 2.17. The maximum Gasteiger partial charge on any atom is 0.186 e. The lowest BCUT2D eigenvalue weighted by Gasteiger charge is -2.16. The summed E-state index contributed by atoms with van der Waals surface area (Å²) >= 11 is 4.27. The maximum atomic E-state index is 12.0. The Hall–Kier alpha value is -1.80. The Bertz CT molecular complexity index is 638. The SMILES string of the molecule is O=C1C=C(c2ccc(S)cc2)Cc2ccccc21. The van der Waals surface area contributed by atoms with E-state index < -0.39 is 0 Å². The average molecular weight is 252 g/mol. The summed E-state index contributed by atoms with van der Waals surface area (Å²) in [5.41, 5.74) is 4.10. The molecule has 0 bridgehead atoms. The molecular formula is C16H12OS. The molecule has 0 radical (unpaired) electrons. The van der Waals surface area contributed by atoms with Crippen LogP contribution in [-0.2, 0) is 6.42 Å². The Morgan fingerprint density at radius 1 is 0.944 bits per heavy atom. The van der Waals surface area contributed by atoms with E-state index in [2.05, 4.69) is 12.6 Å². The van der Waals surface area contributed by atoms with E-state index in [1.54, 1.807) is 6.08 Å². The number of thiol groups is 1. The zero-order valence-electron chi connectivity index (χ0n) is 9.76. The third-order valence-electron chi connectivity index (χ3n) is 3.21. The topological polar surface area (TPSA) is 17.1 Å². The van der Waals surface area contributed by atoms with E-state index in [1.165, 1.54) is 0 Å². The van der Waals surface area contributed by atoms with E-state index in [0.29, 0.717) is 0 Å². The van der Waals surface area contributed by atoms with Gasteiger partial charge in [0.25, 0.3) is 0 Å². The standard InChI is InChI=1S/C16H12OS/c17-16-10-13(11-5-7-14(18)8-6-11)9-12-3-1-2-4-15(12)16/h1-8,10,18H,9H2. The monoisotopic (exact) mass is 252 g/mol. The molecule has 2 aromatic carbocycles. The van der Waals surface area contributed by atoms with Crippen LogP contribution in [0.2, 0.25) is 0 Å². The molecule has 3 rings (SSSR count). The molecule has 2 heteroatoms. The van der Waals surface area contributed by atoms with Crippen molar-refractivity contribution in [3.05, 3.63) is 71.3 Å². The fourth-order valence-electron chi connectivity index (χ4n) is 2.27. The summed E-state index contributed by atoms with van der Waals surface area (Å²) in [6, 6.07) is 15.7. The average Bonchev–Trinajstić information content (AvgIpc) is 2.39. The van der Waals surface area contributed by atoms with Crippen LogP contribution in [0.25, 0.3) is 5.57 Å². The van der Waals surface area contributed by atoms with Crippen LogP contribution in [0.1, 0.15) is 21.5 Å². The first-order chi connectivity index (χ1) is 8.74. The molecule has 0 N–H and O–H groups in total. The number of rotatable bonds is 1. The minimum absolute atomic E-state index is 0.0989. The summed E-state index contributed by atoms with van der Waals surface area (Å²) in [6.45, 7) is 0. The van der Waals surface area contributed by atoms with Crippen LogP contribution >= 0.6 is 12.6 Å². The molecule has 1 aliphatic rings. The number of fused-ring (bicyclic) bond motifs is 1. The van der Waals surface area contributed by atoms with Crippen LogP contribution in [0.3, 0.4) is 0 Å². The van der Waals surface area contributed by atoms with Gasteiger partial charge in [-0.15, -0.1) is 12.6 Å². The second-order valence-corrected chi connectivity index (χ2v) is 4.93. The Labute approximate surface area is 112 Å². The van der Waals surface area contributed by atoms with Gasteiger partial charge in [0.15, 0.2) is 5.78 Å². The Balaban J connectivity index is 2.02. The van der Waals surface area contributed by atoms with E-state index in [4.69, 9.17) is 0 Å². The van der Waals surface area contributed by atoms with E-state index in [1.807, 2.05) is 48.5 Å². The van der Waals surface area contributed by atoms with Crippen molar-refractivity contribution in [3.8, 4) is 0 Å². The Morgan fingerprint density at radius 2 is 1.67 bits per heavy atom. The van der Waals surface area contributed by atoms with E-state index in [9.17, 15) is 4.79 Å². The zero-order valence-corrected chi connectivity index (χ0v) is 10.7. The molecule has 0 atom stereocenters. The van der Waals surface area contributed by atoms with Crippen molar-refractivity contribution in [1.29, 1.82) is 0 Å². The van der Waals surface area contributed by atoms with Crippen LogP contribution in [0.15, 0.2) is 59.5 Å². The lowest BCUT2D eigenvalue weighted by atomic mass is 9.87. The molecule has 2 aromatic rings. The number of carbonyl (C=O) groups excluding carboxylic acids is 1. The normalized spacial score (nSPS) is 14.1. The van der Waals surface area contributed by atoms with Gasteiger partial charge in [-0.1, -0.05) is 36.4 Å². The molecule has 1 aliphatic carbocycles. The first kappa shape index (κ1) is 11.3. The molecule has 0 aliphatic heterocycles. The number of carbonyl (C=O) groups is 1. The molecule has 0 spiro atoms. The van der Waals surface area contributed by atoms with Crippen molar-refractivity contribution >= 4 is 24.0 Å². The largest absolute Gasteiger partial charge is 0.289 e. The lowest BCUT2D eigenvalue weighted by Crippen LogP contribution is -2.08. The second-order valence-electron chi connectivity index (χ2n) is 4.41. The fourth-order valence-corrected chi connectivity index (χ4v) is 2.42.